The van der Waals surface area contributed by atoms with Crippen molar-refractivity contribution in [2.75, 3.05) is 32.8 Å². The van der Waals surface area contributed by atoms with Crippen molar-refractivity contribution >= 4 is 0 Å². The molecule has 3 nitrogen and oxygen atoms in total. The van der Waals surface area contributed by atoms with Gasteiger partial charge in [-0.25, -0.2) is 0 Å². The average molecular weight is 282 g/mol. The summed E-state index contributed by atoms with van der Waals surface area (Å²) in [4.78, 5) is 2.76. The molecule has 1 saturated carbocycles. The summed E-state index contributed by atoms with van der Waals surface area (Å²) >= 11 is 0. The molecule has 1 N–H and O–H groups in total. The van der Waals surface area contributed by atoms with Gasteiger partial charge in [0.1, 0.15) is 0 Å². The van der Waals surface area contributed by atoms with Crippen molar-refractivity contribution in [3.05, 3.63) is 0 Å². The van der Waals surface area contributed by atoms with Crippen molar-refractivity contribution < 1.29 is 4.74 Å². The Balaban J connectivity index is 1.89. The van der Waals surface area contributed by atoms with Crippen LogP contribution in [0.15, 0.2) is 0 Å². The lowest BCUT2D eigenvalue weighted by molar-refractivity contribution is -0.0101. The first-order chi connectivity index (χ1) is 9.64. The van der Waals surface area contributed by atoms with Gasteiger partial charge in [0, 0.05) is 37.3 Å². The molecule has 1 atom stereocenters. The Morgan fingerprint density at radius 1 is 1.15 bits per heavy atom. The van der Waals surface area contributed by atoms with Crippen molar-refractivity contribution in [3.63, 3.8) is 0 Å². The molecule has 1 heterocycles. The largest absolute Gasteiger partial charge is 0.380 e. The SMILES string of the molecule is CCCCOCCN1CC(C)(CC)NCC12CCCC2. The third-order valence-corrected chi connectivity index (χ3v) is 5.52. The molecule has 20 heavy (non-hydrogen) atoms. The van der Waals surface area contributed by atoms with E-state index in [-0.39, 0.29) is 5.54 Å². The van der Waals surface area contributed by atoms with Crippen LogP contribution in [-0.2, 0) is 4.74 Å². The molecule has 0 radical (unpaired) electrons. The minimum absolute atomic E-state index is 0.289. The normalized spacial score (nSPS) is 30.1. The van der Waals surface area contributed by atoms with E-state index in [4.69, 9.17) is 4.74 Å². The van der Waals surface area contributed by atoms with E-state index in [2.05, 4.69) is 31.0 Å². The van der Waals surface area contributed by atoms with Gasteiger partial charge in [0.2, 0.25) is 0 Å². The fourth-order valence-corrected chi connectivity index (χ4v) is 3.74. The molecule has 3 heteroatoms. The summed E-state index contributed by atoms with van der Waals surface area (Å²) < 4.78 is 5.82. The standard InChI is InChI=1S/C17H34N2O/c1-4-6-12-20-13-11-19-15-16(3,5-2)18-14-17(19)9-7-8-10-17/h18H,4-15H2,1-3H3. The minimum atomic E-state index is 0.289. The molecule has 0 aromatic heterocycles. The minimum Gasteiger partial charge on any atom is -0.380 e. The van der Waals surface area contributed by atoms with E-state index in [1.54, 1.807) is 0 Å². The maximum absolute atomic E-state index is 5.82. The summed E-state index contributed by atoms with van der Waals surface area (Å²) in [7, 11) is 0. The van der Waals surface area contributed by atoms with Crippen LogP contribution in [0.3, 0.4) is 0 Å². The fourth-order valence-electron chi connectivity index (χ4n) is 3.74. The van der Waals surface area contributed by atoms with Crippen molar-refractivity contribution in [1.29, 1.82) is 0 Å². The lowest BCUT2D eigenvalue weighted by Gasteiger charge is -2.52. The second-order valence-corrected chi connectivity index (χ2v) is 7.09. The van der Waals surface area contributed by atoms with Crippen LogP contribution in [0.25, 0.3) is 0 Å². The molecule has 2 aliphatic rings. The van der Waals surface area contributed by atoms with Gasteiger partial charge in [0.05, 0.1) is 6.61 Å². The van der Waals surface area contributed by atoms with Crippen molar-refractivity contribution in [3.8, 4) is 0 Å². The lowest BCUT2D eigenvalue weighted by atomic mass is 9.85. The van der Waals surface area contributed by atoms with E-state index >= 15 is 0 Å². The Bertz CT molecular complexity index is 289. The predicted octanol–water partition coefficient (Wildman–Crippen LogP) is 3.19. The van der Waals surface area contributed by atoms with Gasteiger partial charge in [-0.15, -0.1) is 0 Å². The molecule has 1 saturated heterocycles. The Morgan fingerprint density at radius 2 is 1.90 bits per heavy atom. The number of hydrogen-bond acceptors (Lipinski definition) is 3. The van der Waals surface area contributed by atoms with Gasteiger partial charge in [-0.1, -0.05) is 33.1 Å². The molecule has 0 bridgehead atoms. The number of nitrogens with one attached hydrogen (secondary N) is 1. The average Bonchev–Trinajstić information content (AvgIpc) is 2.93. The van der Waals surface area contributed by atoms with Crippen molar-refractivity contribution in [2.24, 2.45) is 0 Å². The molecule has 0 amide bonds. The second-order valence-electron chi connectivity index (χ2n) is 7.09. The summed E-state index contributed by atoms with van der Waals surface area (Å²) in [6, 6.07) is 0. The smallest absolute Gasteiger partial charge is 0.0593 e. The van der Waals surface area contributed by atoms with E-state index in [0.717, 1.165) is 19.8 Å². The Labute approximate surface area is 125 Å². The molecular weight excluding hydrogens is 248 g/mol. The van der Waals surface area contributed by atoms with Gasteiger partial charge in [0.15, 0.2) is 0 Å². The Morgan fingerprint density at radius 3 is 2.55 bits per heavy atom. The highest BCUT2D eigenvalue weighted by Crippen LogP contribution is 2.38. The molecule has 1 aliphatic carbocycles. The highest BCUT2D eigenvalue weighted by Gasteiger charge is 2.46. The third kappa shape index (κ3) is 3.75. The molecule has 0 aromatic carbocycles. The molecule has 0 aromatic rings. The van der Waals surface area contributed by atoms with Gasteiger partial charge in [-0.3, -0.25) is 4.90 Å². The van der Waals surface area contributed by atoms with Crippen molar-refractivity contribution in [2.45, 2.75) is 76.8 Å². The zero-order valence-electron chi connectivity index (χ0n) is 13.8. The monoisotopic (exact) mass is 282 g/mol. The number of rotatable bonds is 7. The van der Waals surface area contributed by atoms with Crippen LogP contribution in [0.4, 0.5) is 0 Å². The van der Waals surface area contributed by atoms with E-state index in [1.165, 1.54) is 58.0 Å². The van der Waals surface area contributed by atoms with Crippen molar-refractivity contribution in [1.82, 2.24) is 10.2 Å². The molecule has 1 aliphatic heterocycles. The van der Waals surface area contributed by atoms with E-state index in [9.17, 15) is 0 Å². The number of nitrogens with zero attached hydrogens (tertiary/aromatic N) is 1. The number of ether oxygens (including phenoxy) is 1. The number of unbranched alkanes of at least 4 members (excludes halogenated alkanes) is 1. The maximum atomic E-state index is 5.82. The van der Waals surface area contributed by atoms with Crippen LogP contribution in [-0.4, -0.2) is 48.8 Å². The van der Waals surface area contributed by atoms with E-state index < -0.39 is 0 Å². The summed E-state index contributed by atoms with van der Waals surface area (Å²) in [6.07, 6.45) is 9.17. The molecule has 118 valence electrons. The maximum Gasteiger partial charge on any atom is 0.0593 e. The van der Waals surface area contributed by atoms with Gasteiger partial charge in [-0.2, -0.15) is 0 Å². The Hall–Kier alpha value is -0.120. The molecule has 2 rings (SSSR count). The van der Waals surface area contributed by atoms with Crippen LogP contribution in [0, 0.1) is 0 Å². The summed E-state index contributed by atoms with van der Waals surface area (Å²) in [5, 5.41) is 3.84. The fraction of sp³-hybridized carbons (Fsp3) is 1.00. The molecular formula is C17H34N2O. The first-order valence-corrected chi connectivity index (χ1v) is 8.72. The van der Waals surface area contributed by atoms with Gasteiger partial charge >= 0.3 is 0 Å². The summed E-state index contributed by atoms with van der Waals surface area (Å²) in [6.45, 7) is 12.2. The molecule has 2 fully saturated rings. The van der Waals surface area contributed by atoms with Crippen LogP contribution < -0.4 is 5.32 Å². The zero-order chi connectivity index (χ0) is 14.5. The van der Waals surface area contributed by atoms with Crippen LogP contribution in [0.5, 0.6) is 0 Å². The Kier molecular flexibility index (Phi) is 5.88. The van der Waals surface area contributed by atoms with Crippen LogP contribution in [0.1, 0.15) is 65.7 Å². The first kappa shape index (κ1) is 16.3. The van der Waals surface area contributed by atoms with Gasteiger partial charge in [-0.05, 0) is 32.6 Å². The highest BCUT2D eigenvalue weighted by molar-refractivity contribution is 5.05. The molecule has 1 spiro atoms. The number of piperazine rings is 1. The third-order valence-electron chi connectivity index (χ3n) is 5.52. The quantitative estimate of drug-likeness (QED) is 0.726. The number of hydrogen-bond donors (Lipinski definition) is 1. The predicted molar refractivity (Wildman–Crippen MR) is 85.2 cm³/mol. The molecule has 1 unspecified atom stereocenters. The first-order valence-electron chi connectivity index (χ1n) is 8.72. The van der Waals surface area contributed by atoms with Gasteiger partial charge in [0.25, 0.3) is 0 Å². The highest BCUT2D eigenvalue weighted by atomic mass is 16.5. The topological polar surface area (TPSA) is 24.5 Å². The van der Waals surface area contributed by atoms with Crippen LogP contribution >= 0.6 is 0 Å². The summed E-state index contributed by atoms with van der Waals surface area (Å²) in [5.41, 5.74) is 0.722. The van der Waals surface area contributed by atoms with E-state index in [1.807, 2.05) is 0 Å². The zero-order valence-corrected chi connectivity index (χ0v) is 13.8. The second kappa shape index (κ2) is 7.24. The van der Waals surface area contributed by atoms with E-state index in [0.29, 0.717) is 5.54 Å². The summed E-state index contributed by atoms with van der Waals surface area (Å²) in [5.74, 6) is 0. The van der Waals surface area contributed by atoms with Gasteiger partial charge < -0.3 is 10.1 Å². The lowest BCUT2D eigenvalue weighted by Crippen LogP contribution is -2.68. The van der Waals surface area contributed by atoms with Crippen LogP contribution in [0.2, 0.25) is 0 Å².